The number of hydrogen-bond donors (Lipinski definition) is 1. The van der Waals surface area contributed by atoms with Crippen LogP contribution in [-0.4, -0.2) is 15.0 Å². The number of nitrogens with one attached hydrogen (secondary N) is 1. The highest BCUT2D eigenvalue weighted by Crippen LogP contribution is 2.30. The Hall–Kier alpha value is -2.96. The van der Waals surface area contributed by atoms with Crippen LogP contribution in [0.25, 0.3) is 11.4 Å². The predicted molar refractivity (Wildman–Crippen MR) is 88.8 cm³/mol. The second-order valence-electron chi connectivity index (χ2n) is 5.54. The summed E-state index contributed by atoms with van der Waals surface area (Å²) >= 11 is 0. The Balaban J connectivity index is 1.92. The predicted octanol–water partition coefficient (Wildman–Crippen LogP) is 4.48. The average molecular weight is 344 g/mol. The van der Waals surface area contributed by atoms with Gasteiger partial charge in [0, 0.05) is 30.6 Å². The van der Waals surface area contributed by atoms with E-state index in [0.717, 1.165) is 17.2 Å². The first-order valence-electron chi connectivity index (χ1n) is 7.58. The lowest BCUT2D eigenvalue weighted by molar-refractivity contribution is -0.141. The number of anilines is 1. The molecule has 2 aromatic heterocycles. The van der Waals surface area contributed by atoms with E-state index in [1.165, 1.54) is 12.4 Å². The molecule has 0 aliphatic heterocycles. The first-order valence-corrected chi connectivity index (χ1v) is 7.58. The smallest absolute Gasteiger partial charge is 0.366 e. The molecule has 7 heteroatoms. The van der Waals surface area contributed by atoms with Crippen LogP contribution in [0.5, 0.6) is 0 Å². The molecule has 0 saturated heterocycles. The molecule has 3 aromatic rings. The average Bonchev–Trinajstić information content (AvgIpc) is 2.60. The van der Waals surface area contributed by atoms with Crippen molar-refractivity contribution in [1.82, 2.24) is 15.0 Å². The highest BCUT2D eigenvalue weighted by molar-refractivity contribution is 5.57. The van der Waals surface area contributed by atoms with Crippen molar-refractivity contribution < 1.29 is 13.2 Å². The van der Waals surface area contributed by atoms with Crippen molar-refractivity contribution in [2.75, 3.05) is 5.32 Å². The van der Waals surface area contributed by atoms with Crippen LogP contribution in [0.1, 0.15) is 16.8 Å². The molecule has 0 amide bonds. The lowest BCUT2D eigenvalue weighted by Gasteiger charge is -2.12. The molecule has 0 aliphatic rings. The van der Waals surface area contributed by atoms with Gasteiger partial charge < -0.3 is 5.32 Å². The summed E-state index contributed by atoms with van der Waals surface area (Å²) in [4.78, 5) is 11.7. The van der Waals surface area contributed by atoms with Gasteiger partial charge in [0.1, 0.15) is 5.82 Å². The molecule has 0 radical (unpaired) electrons. The number of alkyl halides is 3. The highest BCUT2D eigenvalue weighted by Gasteiger charge is 2.33. The van der Waals surface area contributed by atoms with E-state index in [4.69, 9.17) is 0 Å². The molecule has 3 rings (SSSR count). The number of rotatable bonds is 4. The Labute approximate surface area is 142 Å². The van der Waals surface area contributed by atoms with Gasteiger partial charge in [-0.2, -0.15) is 13.2 Å². The molecule has 1 aromatic carbocycles. The van der Waals surface area contributed by atoms with Crippen LogP contribution in [0.2, 0.25) is 0 Å². The molecule has 0 saturated carbocycles. The van der Waals surface area contributed by atoms with E-state index < -0.39 is 11.9 Å². The van der Waals surface area contributed by atoms with Crippen LogP contribution in [0, 0.1) is 6.92 Å². The van der Waals surface area contributed by atoms with Crippen molar-refractivity contribution in [2.24, 2.45) is 0 Å². The molecule has 0 fully saturated rings. The third kappa shape index (κ3) is 4.32. The Morgan fingerprint density at radius 2 is 1.76 bits per heavy atom. The van der Waals surface area contributed by atoms with Crippen LogP contribution < -0.4 is 5.32 Å². The number of hydrogen-bond acceptors (Lipinski definition) is 4. The maximum Gasteiger partial charge on any atom is 0.433 e. The van der Waals surface area contributed by atoms with Crippen molar-refractivity contribution in [1.29, 1.82) is 0 Å². The van der Waals surface area contributed by atoms with Gasteiger partial charge in [-0.15, -0.1) is 0 Å². The number of nitrogens with zero attached hydrogens (tertiary/aromatic N) is 3. The topological polar surface area (TPSA) is 50.7 Å². The maximum atomic E-state index is 13.1. The summed E-state index contributed by atoms with van der Waals surface area (Å²) in [6, 6.07) is 11.8. The van der Waals surface area contributed by atoms with E-state index in [9.17, 15) is 13.2 Å². The van der Waals surface area contributed by atoms with Crippen molar-refractivity contribution in [2.45, 2.75) is 19.6 Å². The Morgan fingerprint density at radius 3 is 2.44 bits per heavy atom. The molecule has 25 heavy (non-hydrogen) atoms. The van der Waals surface area contributed by atoms with Gasteiger partial charge in [0.2, 0.25) is 0 Å². The Kier molecular flexibility index (Phi) is 4.65. The minimum atomic E-state index is -4.55. The lowest BCUT2D eigenvalue weighted by Crippen LogP contribution is -2.12. The third-order valence-electron chi connectivity index (χ3n) is 3.51. The van der Waals surface area contributed by atoms with Crippen LogP contribution >= 0.6 is 0 Å². The number of halogens is 3. The fourth-order valence-corrected chi connectivity index (χ4v) is 2.33. The summed E-state index contributed by atoms with van der Waals surface area (Å²) in [7, 11) is 0. The first kappa shape index (κ1) is 16.9. The first-order chi connectivity index (χ1) is 11.9. The fourth-order valence-electron chi connectivity index (χ4n) is 2.33. The van der Waals surface area contributed by atoms with Crippen molar-refractivity contribution >= 4 is 5.82 Å². The van der Waals surface area contributed by atoms with Crippen molar-refractivity contribution in [3.05, 3.63) is 71.7 Å². The van der Waals surface area contributed by atoms with Crippen LogP contribution in [0.3, 0.4) is 0 Å². The van der Waals surface area contributed by atoms with E-state index in [1.807, 2.05) is 31.2 Å². The summed E-state index contributed by atoms with van der Waals surface area (Å²) in [5, 5.41) is 2.94. The van der Waals surface area contributed by atoms with Crippen molar-refractivity contribution in [3.8, 4) is 11.4 Å². The highest BCUT2D eigenvalue weighted by atomic mass is 19.4. The fraction of sp³-hybridized carbons (Fsp3) is 0.167. The molecular weight excluding hydrogens is 329 g/mol. The molecule has 2 heterocycles. The number of benzene rings is 1. The zero-order valence-electron chi connectivity index (χ0n) is 13.4. The Morgan fingerprint density at radius 1 is 1.00 bits per heavy atom. The molecule has 1 N–H and O–H groups in total. The van der Waals surface area contributed by atoms with E-state index in [2.05, 4.69) is 20.3 Å². The number of pyridine rings is 1. The second-order valence-corrected chi connectivity index (χ2v) is 5.54. The quantitative estimate of drug-likeness (QED) is 0.758. The SMILES string of the molecule is Cc1cccc(CNc2cc(C(F)(F)F)nc(-c3ccncc3)n2)c1. The van der Waals surface area contributed by atoms with Gasteiger partial charge in [0.15, 0.2) is 11.5 Å². The van der Waals surface area contributed by atoms with E-state index in [1.54, 1.807) is 12.1 Å². The number of aromatic nitrogens is 3. The molecule has 128 valence electrons. The molecular formula is C18H15F3N4. The van der Waals surface area contributed by atoms with Gasteiger partial charge in [0.25, 0.3) is 0 Å². The third-order valence-corrected chi connectivity index (χ3v) is 3.51. The van der Waals surface area contributed by atoms with E-state index in [-0.39, 0.29) is 11.6 Å². The van der Waals surface area contributed by atoms with Gasteiger partial charge >= 0.3 is 6.18 Å². The van der Waals surface area contributed by atoms with Gasteiger partial charge in [-0.1, -0.05) is 29.8 Å². The van der Waals surface area contributed by atoms with Gasteiger partial charge in [-0.25, -0.2) is 9.97 Å². The summed E-state index contributed by atoms with van der Waals surface area (Å²) in [5.41, 5.74) is 1.52. The lowest BCUT2D eigenvalue weighted by atomic mass is 10.1. The molecule has 4 nitrogen and oxygen atoms in total. The summed E-state index contributed by atoms with van der Waals surface area (Å²) in [6.45, 7) is 2.32. The molecule has 0 bridgehead atoms. The summed E-state index contributed by atoms with van der Waals surface area (Å²) in [5.74, 6) is 0.125. The molecule has 0 atom stereocenters. The summed E-state index contributed by atoms with van der Waals surface area (Å²) in [6.07, 6.45) is -1.58. The van der Waals surface area contributed by atoms with Crippen LogP contribution in [0.15, 0.2) is 54.9 Å². The van der Waals surface area contributed by atoms with Gasteiger partial charge in [-0.3, -0.25) is 4.98 Å². The van der Waals surface area contributed by atoms with Gasteiger partial charge in [-0.05, 0) is 24.6 Å². The zero-order valence-corrected chi connectivity index (χ0v) is 13.4. The molecule has 0 aliphatic carbocycles. The van der Waals surface area contributed by atoms with E-state index >= 15 is 0 Å². The number of aryl methyl sites for hydroxylation is 1. The standard InChI is InChI=1S/C18H15F3N4/c1-12-3-2-4-13(9-12)11-23-16-10-15(18(19,20)21)24-17(25-16)14-5-7-22-8-6-14/h2-10H,11H2,1H3,(H,23,24,25). The zero-order chi connectivity index (χ0) is 17.9. The molecule has 0 spiro atoms. The normalized spacial score (nSPS) is 11.4. The van der Waals surface area contributed by atoms with Crippen LogP contribution in [0.4, 0.5) is 19.0 Å². The second kappa shape index (κ2) is 6.88. The van der Waals surface area contributed by atoms with Crippen LogP contribution in [-0.2, 0) is 12.7 Å². The Bertz CT molecular complexity index is 864. The van der Waals surface area contributed by atoms with Gasteiger partial charge in [0.05, 0.1) is 0 Å². The van der Waals surface area contributed by atoms with Crippen molar-refractivity contribution in [3.63, 3.8) is 0 Å². The minimum absolute atomic E-state index is 0.00367. The summed E-state index contributed by atoms with van der Waals surface area (Å²) < 4.78 is 39.4. The largest absolute Gasteiger partial charge is 0.433 e. The minimum Gasteiger partial charge on any atom is -0.366 e. The van der Waals surface area contributed by atoms with E-state index in [0.29, 0.717) is 12.1 Å². The maximum absolute atomic E-state index is 13.1. The monoisotopic (exact) mass is 344 g/mol. The molecule has 0 unspecified atom stereocenters.